The summed E-state index contributed by atoms with van der Waals surface area (Å²) < 4.78 is 5.19. The molecule has 0 amide bonds. The van der Waals surface area contributed by atoms with Gasteiger partial charge in [0.1, 0.15) is 0 Å². The maximum atomic E-state index is 12.8. The zero-order valence-corrected chi connectivity index (χ0v) is 18.0. The van der Waals surface area contributed by atoms with Gasteiger partial charge in [0, 0.05) is 18.8 Å². The third kappa shape index (κ3) is 3.27. The van der Waals surface area contributed by atoms with Crippen molar-refractivity contribution in [3.8, 4) is 12.1 Å². The smallest absolute Gasteiger partial charge is 0.309 e. The second kappa shape index (κ2) is 7.18. The molecule has 6 heteroatoms. The van der Waals surface area contributed by atoms with E-state index in [1.54, 1.807) is 6.92 Å². The number of Topliss-reactive ketones (excluding diaryl/α,β-unsaturated/α-hetero) is 1. The number of carbonyl (C=O) groups is 2. The summed E-state index contributed by atoms with van der Waals surface area (Å²) in [5, 5.41) is 20.9. The van der Waals surface area contributed by atoms with Crippen LogP contribution in [-0.2, 0) is 14.3 Å². The van der Waals surface area contributed by atoms with Gasteiger partial charge in [0.25, 0.3) is 0 Å². The molecule has 0 heterocycles. The molecule has 0 radical (unpaired) electrons. The summed E-state index contributed by atoms with van der Waals surface area (Å²) in [6, 6.07) is 4.53. The van der Waals surface area contributed by atoms with Gasteiger partial charge in [-0.3, -0.25) is 9.59 Å². The molecule has 0 aromatic heterocycles. The molecule has 3 rings (SSSR count). The Morgan fingerprint density at radius 1 is 1.32 bits per heavy atom. The molecule has 0 unspecified atom stereocenters. The van der Waals surface area contributed by atoms with Gasteiger partial charge in [-0.2, -0.15) is 10.5 Å². The number of ketones is 1. The first-order valence-electron chi connectivity index (χ1n) is 9.84. The number of allylic oxidation sites excluding steroid dienone is 6. The van der Waals surface area contributed by atoms with Crippen molar-refractivity contribution < 1.29 is 14.3 Å². The van der Waals surface area contributed by atoms with Crippen molar-refractivity contribution in [2.75, 3.05) is 6.61 Å². The van der Waals surface area contributed by atoms with Gasteiger partial charge < -0.3 is 4.74 Å². The molecule has 0 saturated heterocycles. The molecule has 146 valence electrons. The number of nitrogens with zero attached hydrogens (tertiary/aromatic N) is 2. The van der Waals surface area contributed by atoms with E-state index in [-0.39, 0.29) is 30.0 Å². The largest absolute Gasteiger partial charge is 0.466 e. The highest BCUT2D eigenvalue weighted by molar-refractivity contribution is 6.87. The summed E-state index contributed by atoms with van der Waals surface area (Å²) >= 11 is 0. The van der Waals surface area contributed by atoms with Crippen LogP contribution in [0.5, 0.6) is 0 Å². The molecule has 0 aromatic rings. The van der Waals surface area contributed by atoms with E-state index >= 15 is 0 Å². The molecule has 0 N–H and O–H groups in total. The lowest BCUT2D eigenvalue weighted by Gasteiger charge is -2.32. The van der Waals surface area contributed by atoms with Gasteiger partial charge >= 0.3 is 5.97 Å². The van der Waals surface area contributed by atoms with Gasteiger partial charge in [-0.1, -0.05) is 31.8 Å². The highest BCUT2D eigenvalue weighted by atomic mass is 28.3. The first-order valence-corrected chi connectivity index (χ1v) is 13.3. The summed E-state index contributed by atoms with van der Waals surface area (Å²) in [4.78, 5) is 25.0. The maximum Gasteiger partial charge on any atom is 0.309 e. The van der Waals surface area contributed by atoms with Gasteiger partial charge in [0.05, 0.1) is 32.7 Å². The molecule has 0 spiro atoms. The molecule has 5 nitrogen and oxygen atoms in total. The lowest BCUT2D eigenvalue weighted by atomic mass is 9.68. The van der Waals surface area contributed by atoms with E-state index in [4.69, 9.17) is 4.74 Å². The van der Waals surface area contributed by atoms with Crippen LogP contribution in [-0.4, -0.2) is 26.4 Å². The molecule has 3 aliphatic carbocycles. The number of hydrogen-bond acceptors (Lipinski definition) is 5. The number of ether oxygens (including phenoxy) is 1. The summed E-state index contributed by atoms with van der Waals surface area (Å²) in [6.45, 7) is 8.50. The Hall–Kier alpha value is -2.44. The molecule has 0 fully saturated rings. The van der Waals surface area contributed by atoms with Crippen LogP contribution >= 0.6 is 0 Å². The van der Waals surface area contributed by atoms with E-state index in [2.05, 4.69) is 31.8 Å². The summed E-state index contributed by atoms with van der Waals surface area (Å²) in [5.41, 5.74) is 1.37. The van der Waals surface area contributed by atoms with E-state index in [1.807, 2.05) is 12.2 Å². The summed E-state index contributed by atoms with van der Waals surface area (Å²) in [6.07, 6.45) is 5.56. The average Bonchev–Trinajstić information content (AvgIpc) is 2.87. The number of carbonyl (C=O) groups excluding carboxylic acids is 2. The number of nitriles is 2. The fourth-order valence-electron chi connectivity index (χ4n) is 4.82. The molecule has 2 atom stereocenters. The van der Waals surface area contributed by atoms with Crippen LogP contribution in [0.25, 0.3) is 0 Å². The monoisotopic (exact) mass is 394 g/mol. The number of rotatable bonds is 3. The third-order valence-electron chi connectivity index (χ3n) is 5.97. The van der Waals surface area contributed by atoms with Gasteiger partial charge in [-0.15, -0.1) is 0 Å². The van der Waals surface area contributed by atoms with Crippen molar-refractivity contribution in [1.82, 2.24) is 0 Å². The van der Waals surface area contributed by atoms with E-state index < -0.39 is 13.5 Å². The van der Waals surface area contributed by atoms with Crippen molar-refractivity contribution in [1.29, 1.82) is 10.5 Å². The molecule has 0 saturated carbocycles. The predicted molar refractivity (Wildman–Crippen MR) is 107 cm³/mol. The zero-order valence-electron chi connectivity index (χ0n) is 17.0. The fourth-order valence-corrected chi connectivity index (χ4v) is 6.90. The van der Waals surface area contributed by atoms with Crippen LogP contribution < -0.4 is 0 Å². The quantitative estimate of drug-likeness (QED) is 0.410. The number of esters is 1. The molecule has 0 bridgehead atoms. The van der Waals surface area contributed by atoms with Crippen LogP contribution in [0.1, 0.15) is 32.6 Å². The van der Waals surface area contributed by atoms with Crippen molar-refractivity contribution in [3.63, 3.8) is 0 Å². The van der Waals surface area contributed by atoms with Crippen LogP contribution in [0.3, 0.4) is 0 Å². The van der Waals surface area contributed by atoms with Gasteiger partial charge in [0.15, 0.2) is 11.2 Å². The number of fused-ring (bicyclic) bond motifs is 2. The Morgan fingerprint density at radius 3 is 2.57 bits per heavy atom. The first-order chi connectivity index (χ1) is 13.2. The average molecular weight is 395 g/mol. The lowest BCUT2D eigenvalue weighted by Crippen LogP contribution is -2.32. The molecule has 0 aliphatic heterocycles. The van der Waals surface area contributed by atoms with Crippen LogP contribution in [0.2, 0.25) is 19.6 Å². The fraction of sp³-hybridized carbons (Fsp3) is 0.545. The van der Waals surface area contributed by atoms with Crippen molar-refractivity contribution >= 4 is 19.8 Å². The second-order valence-electron chi connectivity index (χ2n) is 8.89. The van der Waals surface area contributed by atoms with Crippen molar-refractivity contribution in [3.05, 3.63) is 34.1 Å². The number of hydrogen-bond donors (Lipinski definition) is 0. The first kappa shape index (κ1) is 20.3. The van der Waals surface area contributed by atoms with Crippen molar-refractivity contribution in [2.45, 2.75) is 52.2 Å². The van der Waals surface area contributed by atoms with Crippen molar-refractivity contribution in [2.24, 2.45) is 17.3 Å². The van der Waals surface area contributed by atoms with E-state index in [9.17, 15) is 20.1 Å². The highest BCUT2D eigenvalue weighted by Crippen LogP contribution is 2.51. The Morgan fingerprint density at radius 2 is 2.00 bits per heavy atom. The zero-order chi connectivity index (χ0) is 20.7. The minimum Gasteiger partial charge on any atom is -0.466 e. The predicted octanol–water partition coefficient (Wildman–Crippen LogP) is 4.01. The lowest BCUT2D eigenvalue weighted by molar-refractivity contribution is -0.148. The normalized spacial score (nSPS) is 26.1. The minimum atomic E-state index is -1.92. The molecule has 28 heavy (non-hydrogen) atoms. The van der Waals surface area contributed by atoms with Gasteiger partial charge in [0.2, 0.25) is 0 Å². The van der Waals surface area contributed by atoms with E-state index in [0.29, 0.717) is 25.9 Å². The topological polar surface area (TPSA) is 90.9 Å². The standard InChI is InChI=1S/C22H26N2O3Si/c1-5-27-21(26)14-6-7-18-16(8-14)9-15-10-19(25)20(28(2,3)4)17(15)11-22(18,12-23)13-24/h7,9,14,16H,5-6,8,10-11H2,1-4H3/t14-,16-/m0/s1. The Bertz CT molecular complexity index is 892. The van der Waals surface area contributed by atoms with E-state index in [1.165, 1.54) is 0 Å². The van der Waals surface area contributed by atoms with E-state index in [0.717, 1.165) is 21.9 Å². The molecular formula is C22H26N2O3Si. The summed E-state index contributed by atoms with van der Waals surface area (Å²) in [5.74, 6) is -0.570. The molecule has 0 aromatic carbocycles. The third-order valence-corrected chi connectivity index (χ3v) is 8.05. The molecular weight excluding hydrogens is 368 g/mol. The van der Waals surface area contributed by atoms with Crippen LogP contribution in [0.15, 0.2) is 34.1 Å². The maximum absolute atomic E-state index is 12.8. The summed E-state index contributed by atoms with van der Waals surface area (Å²) in [7, 11) is -1.92. The highest BCUT2D eigenvalue weighted by Gasteiger charge is 2.48. The van der Waals surface area contributed by atoms with Crippen LogP contribution in [0.4, 0.5) is 0 Å². The Balaban J connectivity index is 2.14. The Kier molecular flexibility index (Phi) is 5.21. The van der Waals surface area contributed by atoms with Crippen LogP contribution in [0, 0.1) is 39.9 Å². The van der Waals surface area contributed by atoms with Gasteiger partial charge in [-0.05, 0) is 41.7 Å². The second-order valence-corrected chi connectivity index (χ2v) is 13.9. The SMILES string of the molecule is CCOC(=O)[C@H]1CC=C2[C@H](C=C3CC(=O)C([Si](C)(C)C)=C3CC2(C#N)C#N)C1. The van der Waals surface area contributed by atoms with Gasteiger partial charge in [-0.25, -0.2) is 0 Å². The molecule has 3 aliphatic rings. The minimum absolute atomic E-state index is 0.135. The Labute approximate surface area is 167 Å².